The molecule has 38 heavy (non-hydrogen) atoms. The molecule has 0 saturated carbocycles. The number of benzene rings is 2. The Balaban J connectivity index is 1.39. The first-order valence-electron chi connectivity index (χ1n) is 12.3. The number of ether oxygens (including phenoxy) is 1. The van der Waals surface area contributed by atoms with E-state index in [0.29, 0.717) is 35.6 Å². The van der Waals surface area contributed by atoms with Crippen molar-refractivity contribution in [1.82, 2.24) is 10.3 Å². The van der Waals surface area contributed by atoms with Crippen LogP contribution in [0.4, 0.5) is 21.9 Å². The van der Waals surface area contributed by atoms with Gasteiger partial charge in [0.15, 0.2) is 0 Å². The van der Waals surface area contributed by atoms with E-state index in [4.69, 9.17) is 4.74 Å². The van der Waals surface area contributed by atoms with Crippen molar-refractivity contribution in [2.24, 2.45) is 0 Å². The van der Waals surface area contributed by atoms with E-state index in [2.05, 4.69) is 20.9 Å². The van der Waals surface area contributed by atoms with Gasteiger partial charge < -0.3 is 25.6 Å². The van der Waals surface area contributed by atoms with Crippen LogP contribution in [0.2, 0.25) is 0 Å². The van der Waals surface area contributed by atoms with Crippen LogP contribution in [0, 0.1) is 0 Å². The molecule has 3 N–H and O–H groups in total. The maximum atomic E-state index is 13.1. The minimum atomic E-state index is -0.673. The van der Waals surface area contributed by atoms with Crippen LogP contribution in [0.3, 0.4) is 0 Å². The number of anilines is 3. The number of urea groups is 1. The number of nitrogens with zero attached hydrogens (tertiary/aromatic N) is 2. The molecule has 4 rings (SSSR count). The summed E-state index contributed by atoms with van der Waals surface area (Å²) in [5.74, 6) is -1.36. The summed E-state index contributed by atoms with van der Waals surface area (Å²) >= 11 is 0. The minimum absolute atomic E-state index is 0.0773. The van der Waals surface area contributed by atoms with Crippen molar-refractivity contribution in [2.45, 2.75) is 32.2 Å². The number of hydrogen-bond donors (Lipinski definition) is 3. The van der Waals surface area contributed by atoms with Crippen molar-refractivity contribution in [3.05, 3.63) is 84.2 Å². The average molecular weight is 516 g/mol. The smallest absolute Gasteiger partial charge is 0.323 e. The van der Waals surface area contributed by atoms with E-state index in [0.717, 1.165) is 5.56 Å². The van der Waals surface area contributed by atoms with Crippen molar-refractivity contribution in [3.8, 4) is 0 Å². The van der Waals surface area contributed by atoms with Gasteiger partial charge in [0, 0.05) is 36.0 Å². The highest BCUT2D eigenvalue weighted by molar-refractivity contribution is 6.07. The average Bonchev–Trinajstić information content (AvgIpc) is 3.33. The van der Waals surface area contributed by atoms with Crippen LogP contribution in [-0.2, 0) is 25.5 Å². The number of aromatic nitrogens is 1. The maximum absolute atomic E-state index is 13.1. The molecule has 2 heterocycles. The summed E-state index contributed by atoms with van der Waals surface area (Å²) in [6.45, 7) is 2.36. The molecule has 0 spiro atoms. The van der Waals surface area contributed by atoms with Crippen LogP contribution < -0.4 is 20.9 Å². The molecule has 10 nitrogen and oxygen atoms in total. The number of esters is 1. The van der Waals surface area contributed by atoms with Gasteiger partial charge in [-0.05, 0) is 54.8 Å². The molecule has 0 saturated heterocycles. The van der Waals surface area contributed by atoms with E-state index >= 15 is 0 Å². The lowest BCUT2D eigenvalue weighted by molar-refractivity contribution is -0.143. The standard InChI is InChI=1S/C28H29N5O5/c1-2-38-27(36)16-23(20-7-6-13-29-18-20)32-25(34)17-26(35)33-14-12-19-10-11-22(15-24(19)33)31-28(37)30-21-8-4-3-5-9-21/h3-11,13,15,18,23H,2,12,14,16-17H2,1H3,(H,32,34)(H2,30,31,37). The Morgan fingerprint density at radius 1 is 1.00 bits per heavy atom. The molecule has 1 aliphatic heterocycles. The fourth-order valence-electron chi connectivity index (χ4n) is 4.23. The van der Waals surface area contributed by atoms with Gasteiger partial charge in [0.1, 0.15) is 6.42 Å². The number of carbonyl (C=O) groups excluding carboxylic acids is 4. The molecular formula is C28H29N5O5. The van der Waals surface area contributed by atoms with Gasteiger partial charge in [0.2, 0.25) is 11.8 Å². The van der Waals surface area contributed by atoms with Crippen LogP contribution >= 0.6 is 0 Å². The van der Waals surface area contributed by atoms with E-state index in [1.807, 2.05) is 24.3 Å². The first-order valence-corrected chi connectivity index (χ1v) is 12.3. The van der Waals surface area contributed by atoms with Crippen molar-refractivity contribution >= 4 is 40.9 Å². The summed E-state index contributed by atoms with van der Waals surface area (Å²) in [6, 6.07) is 16.8. The number of rotatable bonds is 9. The minimum Gasteiger partial charge on any atom is -0.466 e. The second kappa shape index (κ2) is 12.5. The second-order valence-corrected chi connectivity index (χ2v) is 8.68. The lowest BCUT2D eigenvalue weighted by Crippen LogP contribution is -2.37. The molecule has 0 aliphatic carbocycles. The highest BCUT2D eigenvalue weighted by Gasteiger charge is 2.28. The first kappa shape index (κ1) is 26.3. The van der Waals surface area contributed by atoms with Gasteiger partial charge in [0.25, 0.3) is 0 Å². The van der Waals surface area contributed by atoms with E-state index in [1.54, 1.807) is 60.6 Å². The number of amides is 4. The molecular weight excluding hydrogens is 486 g/mol. The van der Waals surface area contributed by atoms with Gasteiger partial charge >= 0.3 is 12.0 Å². The third-order valence-corrected chi connectivity index (χ3v) is 5.98. The molecule has 4 amide bonds. The molecule has 3 aromatic rings. The summed E-state index contributed by atoms with van der Waals surface area (Å²) < 4.78 is 5.03. The van der Waals surface area contributed by atoms with Crippen molar-refractivity contribution < 1.29 is 23.9 Å². The Kier molecular flexibility index (Phi) is 8.65. The fourth-order valence-corrected chi connectivity index (χ4v) is 4.23. The zero-order valence-corrected chi connectivity index (χ0v) is 21.0. The largest absolute Gasteiger partial charge is 0.466 e. The zero-order chi connectivity index (χ0) is 26.9. The topological polar surface area (TPSA) is 130 Å². The third kappa shape index (κ3) is 6.94. The summed E-state index contributed by atoms with van der Waals surface area (Å²) in [7, 11) is 0. The number of pyridine rings is 1. The normalized spacial score (nSPS) is 12.7. The predicted octanol–water partition coefficient (Wildman–Crippen LogP) is 3.82. The number of para-hydroxylation sites is 1. The number of fused-ring (bicyclic) bond motifs is 1. The first-order chi connectivity index (χ1) is 18.4. The van der Waals surface area contributed by atoms with Crippen LogP contribution in [0.25, 0.3) is 0 Å². The maximum Gasteiger partial charge on any atom is 0.323 e. The fraction of sp³-hybridized carbons (Fsp3) is 0.250. The quantitative estimate of drug-likeness (QED) is 0.294. The molecule has 1 aromatic heterocycles. The third-order valence-electron chi connectivity index (χ3n) is 5.98. The molecule has 1 aliphatic rings. The Morgan fingerprint density at radius 3 is 2.53 bits per heavy atom. The molecule has 196 valence electrons. The van der Waals surface area contributed by atoms with Gasteiger partial charge in [-0.25, -0.2) is 4.79 Å². The Morgan fingerprint density at radius 2 is 1.79 bits per heavy atom. The summed E-state index contributed by atoms with van der Waals surface area (Å²) in [4.78, 5) is 56.0. The Labute approximate surface area is 220 Å². The molecule has 10 heteroatoms. The lowest BCUT2D eigenvalue weighted by Gasteiger charge is -2.21. The zero-order valence-electron chi connectivity index (χ0n) is 21.0. The van der Waals surface area contributed by atoms with Gasteiger partial charge in [-0.15, -0.1) is 0 Å². The Bertz CT molecular complexity index is 1300. The number of hydrogen-bond acceptors (Lipinski definition) is 6. The second-order valence-electron chi connectivity index (χ2n) is 8.68. The van der Waals surface area contributed by atoms with Crippen LogP contribution in [-0.4, -0.2) is 42.0 Å². The van der Waals surface area contributed by atoms with E-state index < -0.39 is 30.4 Å². The Hall–Kier alpha value is -4.73. The monoisotopic (exact) mass is 515 g/mol. The molecule has 1 unspecified atom stereocenters. The summed E-state index contributed by atoms with van der Waals surface area (Å²) in [5, 5.41) is 8.30. The van der Waals surface area contributed by atoms with E-state index in [9.17, 15) is 19.2 Å². The molecule has 0 bridgehead atoms. The summed E-state index contributed by atoms with van der Waals surface area (Å²) in [5.41, 5.74) is 3.41. The van der Waals surface area contributed by atoms with E-state index in [1.165, 1.54) is 0 Å². The molecule has 0 radical (unpaired) electrons. The molecule has 1 atom stereocenters. The van der Waals surface area contributed by atoms with Crippen LogP contribution in [0.1, 0.15) is 36.9 Å². The van der Waals surface area contributed by atoms with Crippen LogP contribution in [0.5, 0.6) is 0 Å². The van der Waals surface area contributed by atoms with Gasteiger partial charge in [-0.2, -0.15) is 0 Å². The molecule has 2 aromatic carbocycles. The summed E-state index contributed by atoms with van der Waals surface area (Å²) in [6.07, 6.45) is 3.32. The van der Waals surface area contributed by atoms with Gasteiger partial charge in [-0.3, -0.25) is 19.4 Å². The highest BCUT2D eigenvalue weighted by Crippen LogP contribution is 2.31. The van der Waals surface area contributed by atoms with Crippen molar-refractivity contribution in [1.29, 1.82) is 0 Å². The SMILES string of the molecule is CCOC(=O)CC(NC(=O)CC(=O)N1CCc2ccc(NC(=O)Nc3ccccc3)cc21)c1cccnc1. The van der Waals surface area contributed by atoms with Crippen LogP contribution in [0.15, 0.2) is 73.1 Å². The van der Waals surface area contributed by atoms with E-state index in [-0.39, 0.29) is 18.9 Å². The predicted molar refractivity (Wildman–Crippen MR) is 143 cm³/mol. The molecule has 0 fully saturated rings. The highest BCUT2D eigenvalue weighted by atomic mass is 16.5. The van der Waals surface area contributed by atoms with Crippen molar-refractivity contribution in [2.75, 3.05) is 28.7 Å². The number of nitrogens with one attached hydrogen (secondary N) is 3. The van der Waals surface area contributed by atoms with Crippen molar-refractivity contribution in [3.63, 3.8) is 0 Å². The van der Waals surface area contributed by atoms with Gasteiger partial charge in [0.05, 0.1) is 19.1 Å². The number of carbonyl (C=O) groups is 4. The lowest BCUT2D eigenvalue weighted by atomic mass is 10.1. The van der Waals surface area contributed by atoms with Gasteiger partial charge in [-0.1, -0.05) is 30.3 Å².